The number of rotatable bonds is 6. The first-order valence-electron chi connectivity index (χ1n) is 8.01. The number of carbonyl (C=O) groups excluding carboxylic acids is 1. The molecule has 0 saturated carbocycles. The number of hydrogen-bond donors (Lipinski definition) is 1. The van der Waals surface area contributed by atoms with Gasteiger partial charge < -0.3 is 14.2 Å². The first-order chi connectivity index (χ1) is 12.1. The molecule has 25 heavy (non-hydrogen) atoms. The molecule has 3 aromatic rings. The normalized spacial score (nSPS) is 10.7. The van der Waals surface area contributed by atoms with Crippen LogP contribution < -0.4 is 4.74 Å². The quantitative estimate of drug-likeness (QED) is 0.748. The number of amides is 1. The topological polar surface area (TPSA) is 76.0 Å². The van der Waals surface area contributed by atoms with Gasteiger partial charge in [-0.05, 0) is 19.1 Å². The highest BCUT2D eigenvalue weighted by Gasteiger charge is 2.19. The molecule has 0 spiro atoms. The Balaban J connectivity index is 1.76. The third-order valence-electron chi connectivity index (χ3n) is 4.17. The number of nitrogens with zero attached hydrogens (tertiary/aromatic N) is 4. The molecule has 0 saturated heterocycles. The summed E-state index contributed by atoms with van der Waals surface area (Å²) in [5.74, 6) is 1.58. The van der Waals surface area contributed by atoms with Crippen molar-refractivity contribution < 1.29 is 9.53 Å². The maximum Gasteiger partial charge on any atom is 0.257 e. The molecule has 0 fully saturated rings. The molecule has 0 radical (unpaired) electrons. The number of methoxy groups -OCH3 is 1. The molecular formula is C18H21N5O2. The van der Waals surface area contributed by atoms with Gasteiger partial charge in [0.1, 0.15) is 11.6 Å². The maximum atomic E-state index is 12.8. The van der Waals surface area contributed by atoms with Gasteiger partial charge in [0.05, 0.1) is 24.6 Å². The molecule has 1 N–H and O–H groups in total. The van der Waals surface area contributed by atoms with E-state index < -0.39 is 0 Å². The fraction of sp³-hybridized carbons (Fsp3) is 0.278. The van der Waals surface area contributed by atoms with E-state index in [1.807, 2.05) is 42.0 Å². The van der Waals surface area contributed by atoms with Gasteiger partial charge >= 0.3 is 0 Å². The number of nitrogens with one attached hydrogen (secondary N) is 1. The molecule has 3 rings (SSSR count). The highest BCUT2D eigenvalue weighted by atomic mass is 16.5. The Morgan fingerprint density at radius 3 is 2.96 bits per heavy atom. The van der Waals surface area contributed by atoms with Gasteiger partial charge in [0.25, 0.3) is 5.91 Å². The number of hydrogen-bond acceptors (Lipinski definition) is 4. The molecule has 0 aliphatic rings. The van der Waals surface area contributed by atoms with Gasteiger partial charge in [-0.2, -0.15) is 5.10 Å². The van der Waals surface area contributed by atoms with Gasteiger partial charge in [0, 0.05) is 38.1 Å². The Labute approximate surface area is 146 Å². The van der Waals surface area contributed by atoms with Gasteiger partial charge in [-0.3, -0.25) is 9.89 Å². The SMILES string of the molecule is COc1cccc(-c2[nH]ncc2C(=O)N(C)CCn2ccnc2C)c1. The molecular weight excluding hydrogens is 318 g/mol. The summed E-state index contributed by atoms with van der Waals surface area (Å²) in [6, 6.07) is 7.54. The summed E-state index contributed by atoms with van der Waals surface area (Å²) in [4.78, 5) is 18.7. The minimum absolute atomic E-state index is 0.0793. The summed E-state index contributed by atoms with van der Waals surface area (Å²) in [7, 11) is 3.40. The first-order valence-corrected chi connectivity index (χ1v) is 8.01. The van der Waals surface area contributed by atoms with Crippen molar-refractivity contribution in [1.29, 1.82) is 0 Å². The zero-order valence-corrected chi connectivity index (χ0v) is 14.6. The van der Waals surface area contributed by atoms with Crippen molar-refractivity contribution in [3.8, 4) is 17.0 Å². The van der Waals surface area contributed by atoms with Crippen molar-refractivity contribution >= 4 is 5.91 Å². The summed E-state index contributed by atoms with van der Waals surface area (Å²) in [6.07, 6.45) is 5.23. The zero-order chi connectivity index (χ0) is 17.8. The molecule has 7 heteroatoms. The van der Waals surface area contributed by atoms with E-state index in [-0.39, 0.29) is 5.91 Å². The Morgan fingerprint density at radius 2 is 2.24 bits per heavy atom. The number of H-pyrrole nitrogens is 1. The first kappa shape index (κ1) is 16.8. The molecule has 0 aliphatic carbocycles. The van der Waals surface area contributed by atoms with Crippen molar-refractivity contribution in [2.45, 2.75) is 13.5 Å². The summed E-state index contributed by atoms with van der Waals surface area (Å²) in [6.45, 7) is 3.22. The Bertz CT molecular complexity index is 868. The van der Waals surface area contributed by atoms with E-state index in [0.717, 1.165) is 17.1 Å². The number of benzene rings is 1. The van der Waals surface area contributed by atoms with Crippen LogP contribution in [-0.2, 0) is 6.54 Å². The maximum absolute atomic E-state index is 12.8. The lowest BCUT2D eigenvalue weighted by molar-refractivity contribution is 0.0791. The van der Waals surface area contributed by atoms with Gasteiger partial charge in [-0.1, -0.05) is 12.1 Å². The minimum atomic E-state index is -0.0793. The molecule has 2 aromatic heterocycles. The number of ether oxygens (including phenoxy) is 1. The third-order valence-corrected chi connectivity index (χ3v) is 4.17. The molecule has 0 aliphatic heterocycles. The molecule has 0 unspecified atom stereocenters. The van der Waals surface area contributed by atoms with Crippen molar-refractivity contribution in [3.05, 3.63) is 54.2 Å². The molecule has 7 nitrogen and oxygen atoms in total. The van der Waals surface area contributed by atoms with Crippen LogP contribution in [-0.4, -0.2) is 51.3 Å². The molecule has 130 valence electrons. The molecule has 0 bridgehead atoms. The fourth-order valence-corrected chi connectivity index (χ4v) is 2.65. The largest absolute Gasteiger partial charge is 0.497 e. The van der Waals surface area contributed by atoms with Crippen molar-refractivity contribution in [2.75, 3.05) is 20.7 Å². The molecule has 2 heterocycles. The monoisotopic (exact) mass is 339 g/mol. The van der Waals surface area contributed by atoms with Crippen LogP contribution in [0.3, 0.4) is 0 Å². The lowest BCUT2D eigenvalue weighted by atomic mass is 10.1. The van der Waals surface area contributed by atoms with E-state index in [4.69, 9.17) is 4.74 Å². The van der Waals surface area contributed by atoms with Crippen LogP contribution in [0.25, 0.3) is 11.3 Å². The number of likely N-dealkylation sites (N-methyl/N-ethyl adjacent to an activating group) is 1. The lowest BCUT2D eigenvalue weighted by Gasteiger charge is -2.18. The van der Waals surface area contributed by atoms with E-state index in [1.54, 1.807) is 31.5 Å². The smallest absolute Gasteiger partial charge is 0.257 e. The average molecular weight is 339 g/mol. The third kappa shape index (κ3) is 3.55. The average Bonchev–Trinajstić information content (AvgIpc) is 3.28. The minimum Gasteiger partial charge on any atom is -0.497 e. The van der Waals surface area contributed by atoms with E-state index in [2.05, 4.69) is 15.2 Å². The second-order valence-corrected chi connectivity index (χ2v) is 5.79. The summed E-state index contributed by atoms with van der Waals surface area (Å²) >= 11 is 0. The van der Waals surface area contributed by atoms with Crippen molar-refractivity contribution in [1.82, 2.24) is 24.6 Å². The predicted octanol–water partition coefficient (Wildman–Crippen LogP) is 2.36. The van der Waals surface area contributed by atoms with Crippen molar-refractivity contribution in [2.24, 2.45) is 0 Å². The summed E-state index contributed by atoms with van der Waals surface area (Å²) < 4.78 is 7.27. The van der Waals surface area contributed by atoms with E-state index in [9.17, 15) is 4.79 Å². The van der Waals surface area contributed by atoms with Crippen molar-refractivity contribution in [3.63, 3.8) is 0 Å². The predicted molar refractivity (Wildman–Crippen MR) is 94.5 cm³/mol. The summed E-state index contributed by atoms with van der Waals surface area (Å²) in [5, 5.41) is 6.97. The molecule has 1 amide bonds. The number of aryl methyl sites for hydroxylation is 1. The number of aromatic amines is 1. The van der Waals surface area contributed by atoms with Crippen LogP contribution in [0.2, 0.25) is 0 Å². The van der Waals surface area contributed by atoms with Gasteiger partial charge in [0.15, 0.2) is 0 Å². The van der Waals surface area contributed by atoms with Gasteiger partial charge in [-0.15, -0.1) is 0 Å². The van der Waals surface area contributed by atoms with Crippen LogP contribution in [0, 0.1) is 6.92 Å². The van der Waals surface area contributed by atoms with Gasteiger partial charge in [-0.25, -0.2) is 4.98 Å². The van der Waals surface area contributed by atoms with E-state index in [0.29, 0.717) is 24.3 Å². The van der Waals surface area contributed by atoms with Crippen LogP contribution in [0.5, 0.6) is 5.75 Å². The Morgan fingerprint density at radius 1 is 1.40 bits per heavy atom. The second kappa shape index (κ2) is 7.21. The number of carbonyl (C=O) groups is 1. The van der Waals surface area contributed by atoms with Crippen LogP contribution in [0.1, 0.15) is 16.2 Å². The highest BCUT2D eigenvalue weighted by molar-refractivity contribution is 5.99. The number of imidazole rings is 1. The van der Waals surface area contributed by atoms with E-state index in [1.165, 1.54) is 0 Å². The highest BCUT2D eigenvalue weighted by Crippen LogP contribution is 2.25. The van der Waals surface area contributed by atoms with Crippen LogP contribution >= 0.6 is 0 Å². The second-order valence-electron chi connectivity index (χ2n) is 5.79. The lowest BCUT2D eigenvalue weighted by Crippen LogP contribution is -2.30. The fourth-order valence-electron chi connectivity index (χ4n) is 2.65. The van der Waals surface area contributed by atoms with Crippen LogP contribution in [0.15, 0.2) is 42.9 Å². The van der Waals surface area contributed by atoms with E-state index >= 15 is 0 Å². The van der Waals surface area contributed by atoms with Crippen LogP contribution in [0.4, 0.5) is 0 Å². The standard InChI is InChI=1S/C18H21N5O2/c1-13-19-7-8-23(13)10-9-22(2)18(24)16-12-20-21-17(16)14-5-4-6-15(11-14)25-3/h4-8,11-12H,9-10H2,1-3H3,(H,20,21). The Hall–Kier alpha value is -3.09. The summed E-state index contributed by atoms with van der Waals surface area (Å²) in [5.41, 5.74) is 2.09. The van der Waals surface area contributed by atoms with Gasteiger partial charge in [0.2, 0.25) is 0 Å². The zero-order valence-electron chi connectivity index (χ0n) is 14.6. The Kier molecular flexibility index (Phi) is 4.83. The molecule has 0 atom stereocenters. The molecule has 1 aromatic carbocycles. The number of aromatic nitrogens is 4.